The molecule has 1 aliphatic heterocycles. The fraction of sp³-hybridized carbons (Fsp3) is 0.394. The number of H-pyrrole nitrogens is 1. The van der Waals surface area contributed by atoms with Gasteiger partial charge in [0.25, 0.3) is 0 Å². The van der Waals surface area contributed by atoms with Crippen LogP contribution in [0.25, 0.3) is 44.6 Å². The molecule has 1 aliphatic carbocycles. The Morgan fingerprint density at radius 2 is 1.83 bits per heavy atom. The Hall–Kier alpha value is -3.46. The standard InChI is InChI=1S/C24H17ClFN5.C7H15NO.C2H6/c1-12-22-18(13-2-3-13)10-27-11-21(22)31-24(29-12)15-6-7-28-23-16(15)9-20(30-23)17-8-14(26)4-5-19(17)25;1-6-3-4-8-5-7(6,2)9;1-2/h4-11,13H,2-3H2,1H3,(H,28,30);6,8-9H,3-5H2,1-2H3;1-2H3/t;6?,7-;/m.1./s1. The maximum Gasteiger partial charge on any atom is 0.160 e. The van der Waals surface area contributed by atoms with Crippen LogP contribution in [0, 0.1) is 18.7 Å². The van der Waals surface area contributed by atoms with Gasteiger partial charge in [0.15, 0.2) is 5.82 Å². The first-order valence-electron chi connectivity index (χ1n) is 14.7. The van der Waals surface area contributed by atoms with Crippen LogP contribution >= 0.6 is 11.6 Å². The molecular weight excluding hydrogens is 551 g/mol. The zero-order chi connectivity index (χ0) is 30.0. The van der Waals surface area contributed by atoms with E-state index >= 15 is 0 Å². The Balaban J connectivity index is 0.000000274. The van der Waals surface area contributed by atoms with Gasteiger partial charge in [-0.05, 0) is 87.4 Å². The van der Waals surface area contributed by atoms with Crippen LogP contribution < -0.4 is 5.32 Å². The van der Waals surface area contributed by atoms with Crippen molar-refractivity contribution in [1.82, 2.24) is 30.2 Å². The van der Waals surface area contributed by atoms with Gasteiger partial charge in [-0.1, -0.05) is 32.4 Å². The third kappa shape index (κ3) is 6.16. The van der Waals surface area contributed by atoms with E-state index in [-0.39, 0.29) is 5.82 Å². The van der Waals surface area contributed by atoms with Crippen LogP contribution in [-0.2, 0) is 0 Å². The molecule has 4 aromatic heterocycles. The third-order valence-electron chi connectivity index (χ3n) is 8.12. The largest absolute Gasteiger partial charge is 0.389 e. The van der Waals surface area contributed by atoms with Crippen molar-refractivity contribution in [1.29, 1.82) is 0 Å². The minimum absolute atomic E-state index is 0.348. The summed E-state index contributed by atoms with van der Waals surface area (Å²) in [7, 11) is 0. The second-order valence-corrected chi connectivity index (χ2v) is 11.6. The fourth-order valence-corrected chi connectivity index (χ4v) is 5.56. The lowest BCUT2D eigenvalue weighted by molar-refractivity contribution is -0.0115. The molecule has 2 atom stereocenters. The monoisotopic (exact) mass is 588 g/mol. The van der Waals surface area contributed by atoms with Crippen LogP contribution in [-0.4, -0.2) is 48.7 Å². The first kappa shape index (κ1) is 30.0. The van der Waals surface area contributed by atoms with Crippen LogP contribution in [0.5, 0.6) is 0 Å². The number of benzene rings is 1. The number of piperidine rings is 1. The summed E-state index contributed by atoms with van der Waals surface area (Å²) >= 11 is 6.31. The van der Waals surface area contributed by atoms with Crippen LogP contribution in [0.1, 0.15) is 64.1 Å². The summed E-state index contributed by atoms with van der Waals surface area (Å²) in [4.78, 5) is 21.8. The lowest BCUT2D eigenvalue weighted by Gasteiger charge is -2.35. The zero-order valence-corrected chi connectivity index (χ0v) is 25.6. The molecule has 0 amide bonds. The average Bonchev–Trinajstić information content (AvgIpc) is 3.74. The molecule has 0 spiro atoms. The van der Waals surface area contributed by atoms with Crippen molar-refractivity contribution >= 4 is 33.5 Å². The molecule has 5 heterocycles. The van der Waals surface area contributed by atoms with E-state index in [4.69, 9.17) is 21.6 Å². The molecule has 0 bridgehead atoms. The van der Waals surface area contributed by atoms with Gasteiger partial charge in [0, 0.05) is 52.2 Å². The summed E-state index contributed by atoms with van der Waals surface area (Å²) in [6.07, 6.45) is 8.94. The molecule has 5 aromatic rings. The summed E-state index contributed by atoms with van der Waals surface area (Å²) in [5, 5.41) is 15.2. The molecule has 42 heavy (non-hydrogen) atoms. The predicted octanol–water partition coefficient (Wildman–Crippen LogP) is 7.61. The van der Waals surface area contributed by atoms with Crippen molar-refractivity contribution in [3.8, 4) is 22.6 Å². The third-order valence-corrected chi connectivity index (χ3v) is 8.45. The molecule has 220 valence electrons. The number of nitrogens with zero attached hydrogens (tertiary/aromatic N) is 4. The Bertz CT molecular complexity index is 1710. The van der Waals surface area contributed by atoms with Gasteiger partial charge in [0.2, 0.25) is 0 Å². The summed E-state index contributed by atoms with van der Waals surface area (Å²) in [5.74, 6) is 1.28. The number of aromatic nitrogens is 5. The highest BCUT2D eigenvalue weighted by Crippen LogP contribution is 2.43. The number of β-amino-alcohol motifs (C(OH)–C–C–N with tert-alkyl or cyclic N) is 1. The Morgan fingerprint density at radius 3 is 2.52 bits per heavy atom. The molecule has 7 rings (SSSR count). The number of fused-ring (bicyclic) bond motifs is 2. The molecule has 3 N–H and O–H groups in total. The van der Waals surface area contributed by atoms with Gasteiger partial charge in [-0.3, -0.25) is 4.98 Å². The Labute approximate surface area is 251 Å². The van der Waals surface area contributed by atoms with E-state index in [1.54, 1.807) is 18.5 Å². The predicted molar refractivity (Wildman–Crippen MR) is 168 cm³/mol. The van der Waals surface area contributed by atoms with Crippen molar-refractivity contribution in [3.05, 3.63) is 71.0 Å². The summed E-state index contributed by atoms with van der Waals surface area (Å²) in [6, 6.07) is 8.11. The summed E-state index contributed by atoms with van der Waals surface area (Å²) in [6.45, 7) is 11.8. The smallest absolute Gasteiger partial charge is 0.160 e. The number of aliphatic hydroxyl groups is 1. The second-order valence-electron chi connectivity index (χ2n) is 11.2. The number of hydrogen-bond donors (Lipinski definition) is 3. The van der Waals surface area contributed by atoms with Gasteiger partial charge in [-0.25, -0.2) is 19.3 Å². The van der Waals surface area contributed by atoms with Crippen molar-refractivity contribution < 1.29 is 9.50 Å². The van der Waals surface area contributed by atoms with E-state index in [0.29, 0.717) is 39.6 Å². The van der Waals surface area contributed by atoms with Crippen LogP contribution in [0.15, 0.2) is 48.9 Å². The lowest BCUT2D eigenvalue weighted by atomic mass is 9.85. The number of pyridine rings is 2. The normalized spacial score (nSPS) is 20.0. The molecule has 2 aliphatic rings. The maximum atomic E-state index is 13.8. The quantitative estimate of drug-likeness (QED) is 0.201. The van der Waals surface area contributed by atoms with Gasteiger partial charge >= 0.3 is 0 Å². The summed E-state index contributed by atoms with van der Waals surface area (Å²) in [5.41, 5.74) is 5.35. The molecule has 7 nitrogen and oxygen atoms in total. The minimum atomic E-state index is -0.474. The first-order chi connectivity index (χ1) is 20.2. The van der Waals surface area contributed by atoms with Gasteiger partial charge in [0.1, 0.15) is 11.5 Å². The molecule has 1 unspecified atom stereocenters. The van der Waals surface area contributed by atoms with E-state index in [2.05, 4.69) is 27.2 Å². The van der Waals surface area contributed by atoms with E-state index in [1.165, 1.54) is 30.5 Å². The van der Waals surface area contributed by atoms with Crippen LogP contribution in [0.4, 0.5) is 4.39 Å². The van der Waals surface area contributed by atoms with E-state index < -0.39 is 5.60 Å². The van der Waals surface area contributed by atoms with Crippen molar-refractivity contribution in [2.24, 2.45) is 5.92 Å². The van der Waals surface area contributed by atoms with Crippen molar-refractivity contribution in [2.45, 2.75) is 65.4 Å². The van der Waals surface area contributed by atoms with E-state index in [0.717, 1.165) is 47.1 Å². The van der Waals surface area contributed by atoms with Gasteiger partial charge in [-0.15, -0.1) is 0 Å². The summed E-state index contributed by atoms with van der Waals surface area (Å²) < 4.78 is 13.8. The maximum absolute atomic E-state index is 13.8. The number of halogens is 2. The molecule has 1 saturated carbocycles. The van der Waals surface area contributed by atoms with Crippen LogP contribution in [0.2, 0.25) is 5.02 Å². The minimum Gasteiger partial charge on any atom is -0.389 e. The highest BCUT2D eigenvalue weighted by atomic mass is 35.5. The number of rotatable bonds is 3. The molecular formula is C33H38ClFN6O. The molecule has 2 fully saturated rings. The molecule has 9 heteroatoms. The Morgan fingerprint density at radius 1 is 1.05 bits per heavy atom. The average molecular weight is 589 g/mol. The van der Waals surface area contributed by atoms with Gasteiger partial charge in [0.05, 0.1) is 22.3 Å². The highest BCUT2D eigenvalue weighted by Gasteiger charge is 2.30. The number of hydrogen-bond acceptors (Lipinski definition) is 6. The zero-order valence-electron chi connectivity index (χ0n) is 24.8. The van der Waals surface area contributed by atoms with E-state index in [1.807, 2.05) is 46.0 Å². The number of aryl methyl sites for hydroxylation is 1. The number of nitrogens with one attached hydrogen (secondary N) is 2. The first-order valence-corrected chi connectivity index (χ1v) is 15.1. The number of aromatic amines is 1. The van der Waals surface area contributed by atoms with Crippen molar-refractivity contribution in [2.75, 3.05) is 13.1 Å². The topological polar surface area (TPSA) is 99.6 Å². The SMILES string of the molecule is CC.CC1CCNC[C@@]1(C)O.Cc1nc(-c2ccnc3[nH]c(-c4cc(F)ccc4Cl)cc23)nc2cncc(C3CC3)c12. The second kappa shape index (κ2) is 12.4. The molecule has 1 saturated heterocycles. The van der Waals surface area contributed by atoms with Crippen LogP contribution in [0.3, 0.4) is 0 Å². The van der Waals surface area contributed by atoms with E-state index in [9.17, 15) is 9.50 Å². The van der Waals surface area contributed by atoms with Gasteiger partial charge in [-0.2, -0.15) is 0 Å². The van der Waals surface area contributed by atoms with Crippen molar-refractivity contribution in [3.63, 3.8) is 0 Å². The lowest BCUT2D eigenvalue weighted by Crippen LogP contribution is -2.48. The molecule has 1 aromatic carbocycles. The Kier molecular flexibility index (Phi) is 8.87. The molecule has 0 radical (unpaired) electrons. The highest BCUT2D eigenvalue weighted by molar-refractivity contribution is 6.33. The van der Waals surface area contributed by atoms with Gasteiger partial charge < -0.3 is 15.4 Å². The fourth-order valence-electron chi connectivity index (χ4n) is 5.34.